The van der Waals surface area contributed by atoms with Crippen molar-refractivity contribution in [3.05, 3.63) is 59.7 Å². The Bertz CT molecular complexity index is 1070. The summed E-state index contributed by atoms with van der Waals surface area (Å²) in [6, 6.07) is 15.8. The molecule has 1 saturated heterocycles. The number of benzene rings is 2. The molecule has 2 amide bonds. The largest absolute Gasteiger partial charge is 0.481 e. The van der Waals surface area contributed by atoms with Gasteiger partial charge in [-0.25, -0.2) is 4.79 Å². The predicted octanol–water partition coefficient (Wildman–Crippen LogP) is 4.41. The van der Waals surface area contributed by atoms with Crippen molar-refractivity contribution in [3.63, 3.8) is 0 Å². The second kappa shape index (κ2) is 10.1. The summed E-state index contributed by atoms with van der Waals surface area (Å²) in [5.74, 6) is -0.567. The van der Waals surface area contributed by atoms with Gasteiger partial charge in [0.2, 0.25) is 5.91 Å². The highest BCUT2D eigenvalue weighted by Gasteiger charge is 2.41. The van der Waals surface area contributed by atoms with Gasteiger partial charge in [0.05, 0.1) is 0 Å². The van der Waals surface area contributed by atoms with Crippen molar-refractivity contribution < 1.29 is 24.2 Å². The Labute approximate surface area is 205 Å². The molecule has 5 rings (SSSR count). The van der Waals surface area contributed by atoms with E-state index in [1.165, 1.54) is 11.1 Å². The van der Waals surface area contributed by atoms with Crippen LogP contribution in [0.15, 0.2) is 48.5 Å². The number of carbonyl (C=O) groups is 3. The van der Waals surface area contributed by atoms with E-state index in [0.717, 1.165) is 36.8 Å². The van der Waals surface area contributed by atoms with Crippen molar-refractivity contribution in [1.29, 1.82) is 0 Å². The second-order valence-corrected chi connectivity index (χ2v) is 10.0. The maximum absolute atomic E-state index is 13.3. The fraction of sp³-hybridized carbons (Fsp3) is 0.464. The SMILES string of the molecule is O=C(O)CCC1CCCN(C(=O)C(NC(=O)OCC2c3ccccc3-c3ccccc32)C2CC2)C1. The lowest BCUT2D eigenvalue weighted by Crippen LogP contribution is -2.52. The van der Waals surface area contributed by atoms with Gasteiger partial charge in [0.15, 0.2) is 0 Å². The third-order valence-corrected chi connectivity index (χ3v) is 7.57. The summed E-state index contributed by atoms with van der Waals surface area (Å²) in [6.07, 6.45) is 3.76. The molecular weight excluding hydrogens is 444 g/mol. The van der Waals surface area contributed by atoms with E-state index in [-0.39, 0.29) is 36.7 Å². The van der Waals surface area contributed by atoms with E-state index in [2.05, 4.69) is 29.6 Å². The van der Waals surface area contributed by atoms with E-state index >= 15 is 0 Å². The minimum absolute atomic E-state index is 0.0275. The van der Waals surface area contributed by atoms with Crippen molar-refractivity contribution in [2.45, 2.75) is 50.5 Å². The van der Waals surface area contributed by atoms with Crippen LogP contribution < -0.4 is 5.32 Å². The molecule has 0 spiro atoms. The summed E-state index contributed by atoms with van der Waals surface area (Å²) in [7, 11) is 0. The summed E-state index contributed by atoms with van der Waals surface area (Å²) < 4.78 is 5.69. The summed E-state index contributed by atoms with van der Waals surface area (Å²) in [4.78, 5) is 38.9. The van der Waals surface area contributed by atoms with Gasteiger partial charge in [-0.2, -0.15) is 0 Å². The highest BCUT2D eigenvalue weighted by Crippen LogP contribution is 2.44. The molecule has 1 heterocycles. The van der Waals surface area contributed by atoms with Crippen molar-refractivity contribution >= 4 is 18.0 Å². The number of amides is 2. The lowest BCUT2D eigenvalue weighted by Gasteiger charge is -2.35. The van der Waals surface area contributed by atoms with E-state index in [0.29, 0.717) is 19.5 Å². The molecule has 7 nitrogen and oxygen atoms in total. The Balaban J connectivity index is 1.20. The standard InChI is InChI=1S/C28H32N2O5/c31-25(32)14-11-18-6-5-15-30(16-18)27(33)26(19-12-13-19)29-28(34)35-17-24-22-9-3-1-7-20(22)21-8-2-4-10-23(21)24/h1-4,7-10,18-19,24,26H,5-6,11-17H2,(H,29,34)(H,31,32). The minimum Gasteiger partial charge on any atom is -0.481 e. The van der Waals surface area contributed by atoms with Gasteiger partial charge in [-0.1, -0.05) is 48.5 Å². The van der Waals surface area contributed by atoms with Crippen LogP contribution in [0.5, 0.6) is 0 Å². The van der Waals surface area contributed by atoms with E-state index in [1.54, 1.807) is 0 Å². The number of rotatable bonds is 8. The Morgan fingerprint density at radius 1 is 1.00 bits per heavy atom. The molecule has 0 radical (unpaired) electrons. The van der Waals surface area contributed by atoms with Crippen LogP contribution in [-0.2, 0) is 14.3 Å². The average Bonchev–Trinajstić information content (AvgIpc) is 3.67. The lowest BCUT2D eigenvalue weighted by molar-refractivity contribution is -0.137. The Kier molecular flexibility index (Phi) is 6.75. The van der Waals surface area contributed by atoms with E-state index in [9.17, 15) is 14.4 Å². The van der Waals surface area contributed by atoms with Gasteiger partial charge in [-0.05, 0) is 66.2 Å². The first-order valence-electron chi connectivity index (χ1n) is 12.6. The normalized spacial score (nSPS) is 20.0. The molecule has 2 aliphatic carbocycles. The van der Waals surface area contributed by atoms with Gasteiger partial charge < -0.3 is 20.1 Å². The number of ether oxygens (including phenoxy) is 1. The number of nitrogens with one attached hydrogen (secondary N) is 1. The van der Waals surface area contributed by atoms with Gasteiger partial charge >= 0.3 is 12.1 Å². The Morgan fingerprint density at radius 3 is 2.29 bits per heavy atom. The van der Waals surface area contributed by atoms with Crippen molar-refractivity contribution in [1.82, 2.24) is 10.2 Å². The second-order valence-electron chi connectivity index (χ2n) is 10.0. The minimum atomic E-state index is -0.804. The first kappa shape index (κ1) is 23.4. The Morgan fingerprint density at radius 2 is 1.66 bits per heavy atom. The number of aliphatic carboxylic acids is 1. The molecule has 2 aromatic carbocycles. The summed E-state index contributed by atoms with van der Waals surface area (Å²) in [6.45, 7) is 1.42. The number of alkyl carbamates (subject to hydrolysis) is 1. The Hall–Kier alpha value is -3.35. The molecule has 1 saturated carbocycles. The molecule has 2 fully saturated rings. The molecule has 0 bridgehead atoms. The van der Waals surface area contributed by atoms with Crippen LogP contribution >= 0.6 is 0 Å². The molecule has 35 heavy (non-hydrogen) atoms. The molecule has 2 atom stereocenters. The highest BCUT2D eigenvalue weighted by molar-refractivity contribution is 5.86. The average molecular weight is 477 g/mol. The van der Waals surface area contributed by atoms with Crippen LogP contribution in [-0.4, -0.2) is 53.7 Å². The topological polar surface area (TPSA) is 95.9 Å². The maximum atomic E-state index is 13.3. The first-order chi connectivity index (χ1) is 17.0. The summed E-state index contributed by atoms with van der Waals surface area (Å²) in [5, 5.41) is 11.8. The van der Waals surface area contributed by atoms with E-state index in [1.807, 2.05) is 29.2 Å². The predicted molar refractivity (Wildman–Crippen MR) is 131 cm³/mol. The van der Waals surface area contributed by atoms with Gasteiger partial charge in [0.25, 0.3) is 0 Å². The number of carboxylic acid groups (broad SMARTS) is 1. The zero-order chi connectivity index (χ0) is 24.4. The zero-order valence-corrected chi connectivity index (χ0v) is 19.8. The summed E-state index contributed by atoms with van der Waals surface area (Å²) >= 11 is 0. The van der Waals surface area contributed by atoms with Crippen molar-refractivity contribution in [2.75, 3.05) is 19.7 Å². The number of hydrogen-bond acceptors (Lipinski definition) is 4. The molecule has 0 aromatic heterocycles. The fourth-order valence-electron chi connectivity index (χ4n) is 5.60. The van der Waals surface area contributed by atoms with Gasteiger partial charge in [0, 0.05) is 25.4 Å². The van der Waals surface area contributed by atoms with Crippen LogP contribution in [0.4, 0.5) is 4.79 Å². The molecule has 2 aromatic rings. The van der Waals surface area contributed by atoms with Crippen LogP contribution in [0.2, 0.25) is 0 Å². The van der Waals surface area contributed by atoms with Gasteiger partial charge in [-0.3, -0.25) is 9.59 Å². The van der Waals surface area contributed by atoms with Crippen molar-refractivity contribution in [3.8, 4) is 11.1 Å². The summed E-state index contributed by atoms with van der Waals surface area (Å²) in [5.41, 5.74) is 4.64. The molecule has 1 aliphatic heterocycles. The van der Waals surface area contributed by atoms with Gasteiger partial charge in [0.1, 0.15) is 12.6 Å². The van der Waals surface area contributed by atoms with Crippen LogP contribution in [0, 0.1) is 11.8 Å². The number of fused-ring (bicyclic) bond motifs is 3. The van der Waals surface area contributed by atoms with Crippen LogP contribution in [0.25, 0.3) is 11.1 Å². The van der Waals surface area contributed by atoms with Crippen LogP contribution in [0.1, 0.15) is 55.6 Å². The number of nitrogens with zero attached hydrogens (tertiary/aromatic N) is 1. The third-order valence-electron chi connectivity index (χ3n) is 7.57. The number of piperidine rings is 1. The van der Waals surface area contributed by atoms with E-state index < -0.39 is 18.1 Å². The maximum Gasteiger partial charge on any atom is 0.407 e. The smallest absolute Gasteiger partial charge is 0.407 e. The van der Waals surface area contributed by atoms with E-state index in [4.69, 9.17) is 9.84 Å². The molecule has 2 N–H and O–H groups in total. The van der Waals surface area contributed by atoms with Crippen LogP contribution in [0.3, 0.4) is 0 Å². The highest BCUT2D eigenvalue weighted by atomic mass is 16.5. The first-order valence-corrected chi connectivity index (χ1v) is 12.6. The molecule has 184 valence electrons. The zero-order valence-electron chi connectivity index (χ0n) is 19.8. The number of carbonyl (C=O) groups excluding carboxylic acids is 2. The molecular formula is C28H32N2O5. The fourth-order valence-corrected chi connectivity index (χ4v) is 5.60. The lowest BCUT2D eigenvalue weighted by atomic mass is 9.92. The number of hydrogen-bond donors (Lipinski definition) is 2. The molecule has 7 heteroatoms. The third kappa shape index (κ3) is 5.19. The monoisotopic (exact) mass is 476 g/mol. The van der Waals surface area contributed by atoms with Crippen molar-refractivity contribution in [2.24, 2.45) is 11.8 Å². The number of carboxylic acids is 1. The van der Waals surface area contributed by atoms with Gasteiger partial charge in [-0.15, -0.1) is 0 Å². The number of likely N-dealkylation sites (tertiary alicyclic amines) is 1. The quantitative estimate of drug-likeness (QED) is 0.589. The molecule has 2 unspecified atom stereocenters. The molecule has 3 aliphatic rings.